The summed E-state index contributed by atoms with van der Waals surface area (Å²) in [6, 6.07) is 14.4. The summed E-state index contributed by atoms with van der Waals surface area (Å²) in [4.78, 5) is 12.5. The molecule has 0 saturated heterocycles. The molecular weight excluding hydrogens is 264 g/mol. The molecule has 0 aliphatic rings. The molecule has 0 amide bonds. The quantitative estimate of drug-likeness (QED) is 0.587. The first-order valence-corrected chi connectivity index (χ1v) is 6.90. The molecule has 21 heavy (non-hydrogen) atoms. The van der Waals surface area contributed by atoms with Crippen LogP contribution in [0.25, 0.3) is 0 Å². The summed E-state index contributed by atoms with van der Waals surface area (Å²) in [5.41, 5.74) is 1.18. The normalized spacial score (nSPS) is 10.6. The largest absolute Gasteiger partial charge is 0.493 e. The van der Waals surface area contributed by atoms with E-state index in [0.29, 0.717) is 29.2 Å². The average molecular weight is 282 g/mol. The molecule has 0 spiro atoms. The smallest absolute Gasteiger partial charge is 0.196 e. The maximum atomic E-state index is 12.5. The summed E-state index contributed by atoms with van der Waals surface area (Å²) in [5, 5.41) is 0. The molecule has 0 unspecified atom stereocenters. The van der Waals surface area contributed by atoms with Crippen LogP contribution in [0.3, 0.4) is 0 Å². The Balaban J connectivity index is 2.36. The topological polar surface area (TPSA) is 35.5 Å². The van der Waals surface area contributed by atoms with Gasteiger partial charge in [-0.3, -0.25) is 4.79 Å². The van der Waals surface area contributed by atoms with Crippen LogP contribution in [0.1, 0.15) is 29.8 Å². The lowest BCUT2D eigenvalue weighted by atomic mass is 10.0. The molecule has 0 aromatic heterocycles. The third-order valence-corrected chi connectivity index (χ3v) is 2.87. The maximum Gasteiger partial charge on any atom is 0.196 e. The third kappa shape index (κ3) is 3.72. The van der Waals surface area contributed by atoms with Crippen LogP contribution in [0.4, 0.5) is 0 Å². The number of allylic oxidation sites excluding steroid dienone is 1. The lowest BCUT2D eigenvalue weighted by Crippen LogP contribution is -2.05. The summed E-state index contributed by atoms with van der Waals surface area (Å²) in [6.45, 7) is 4.25. The van der Waals surface area contributed by atoms with Gasteiger partial charge in [-0.1, -0.05) is 36.4 Å². The van der Waals surface area contributed by atoms with Crippen molar-refractivity contribution in [3.05, 3.63) is 72.0 Å². The average Bonchev–Trinajstić information content (AvgIpc) is 2.53. The van der Waals surface area contributed by atoms with E-state index in [9.17, 15) is 4.79 Å². The van der Waals surface area contributed by atoms with Gasteiger partial charge in [0.05, 0.1) is 18.4 Å². The van der Waals surface area contributed by atoms with E-state index in [1.54, 1.807) is 42.7 Å². The summed E-state index contributed by atoms with van der Waals surface area (Å²) >= 11 is 0. The highest BCUT2D eigenvalue weighted by Gasteiger charge is 2.15. The first kappa shape index (κ1) is 14.9. The lowest BCUT2D eigenvalue weighted by molar-refractivity contribution is 0.103. The highest BCUT2D eigenvalue weighted by molar-refractivity contribution is 6.10. The second-order valence-corrected chi connectivity index (χ2v) is 4.37. The molecule has 0 heterocycles. The third-order valence-electron chi connectivity index (χ3n) is 2.87. The van der Waals surface area contributed by atoms with Gasteiger partial charge in [0.2, 0.25) is 0 Å². The van der Waals surface area contributed by atoms with Crippen LogP contribution in [0.15, 0.2) is 60.9 Å². The first-order valence-electron chi connectivity index (χ1n) is 6.90. The van der Waals surface area contributed by atoms with Gasteiger partial charge in [-0.15, -0.1) is 0 Å². The van der Waals surface area contributed by atoms with Gasteiger partial charge < -0.3 is 9.47 Å². The van der Waals surface area contributed by atoms with Crippen molar-refractivity contribution in [3.63, 3.8) is 0 Å². The molecule has 3 heteroatoms. The van der Waals surface area contributed by atoms with Gasteiger partial charge in [-0.25, -0.2) is 0 Å². The van der Waals surface area contributed by atoms with Gasteiger partial charge in [0.1, 0.15) is 11.5 Å². The fourth-order valence-corrected chi connectivity index (χ4v) is 1.93. The van der Waals surface area contributed by atoms with Crippen LogP contribution in [0.5, 0.6) is 11.5 Å². The van der Waals surface area contributed by atoms with E-state index in [1.807, 2.05) is 32.0 Å². The van der Waals surface area contributed by atoms with Crippen molar-refractivity contribution in [3.8, 4) is 11.5 Å². The molecule has 2 rings (SSSR count). The Labute approximate surface area is 124 Å². The Morgan fingerprint density at radius 1 is 1.14 bits per heavy atom. The van der Waals surface area contributed by atoms with Crippen LogP contribution in [-0.4, -0.2) is 12.4 Å². The van der Waals surface area contributed by atoms with Crippen LogP contribution >= 0.6 is 0 Å². The van der Waals surface area contributed by atoms with Gasteiger partial charge in [0.25, 0.3) is 0 Å². The van der Waals surface area contributed by atoms with Crippen molar-refractivity contribution in [1.82, 2.24) is 0 Å². The molecular formula is C18H18O3. The zero-order valence-corrected chi connectivity index (χ0v) is 12.2. The molecule has 0 bridgehead atoms. The number of carbonyl (C=O) groups is 1. The zero-order valence-electron chi connectivity index (χ0n) is 12.2. The van der Waals surface area contributed by atoms with Gasteiger partial charge in [-0.05, 0) is 26.0 Å². The summed E-state index contributed by atoms with van der Waals surface area (Å²) in [6.07, 6.45) is 3.38. The molecule has 2 aromatic rings. The van der Waals surface area contributed by atoms with Gasteiger partial charge in [0.15, 0.2) is 5.78 Å². The molecule has 0 aliphatic carbocycles. The molecule has 108 valence electrons. The molecule has 0 saturated carbocycles. The SMILES string of the molecule is CC=COc1ccc(C(=O)c2ccccc2)c(OCC)c1. The van der Waals surface area contributed by atoms with Crippen LogP contribution in [-0.2, 0) is 0 Å². The predicted molar refractivity (Wildman–Crippen MR) is 82.9 cm³/mol. The number of carbonyl (C=O) groups excluding carboxylic acids is 1. The second kappa shape index (κ2) is 7.29. The minimum atomic E-state index is -0.0587. The Bertz CT molecular complexity index is 630. The van der Waals surface area contributed by atoms with Crippen LogP contribution in [0, 0.1) is 0 Å². The van der Waals surface area contributed by atoms with Crippen molar-refractivity contribution in [2.75, 3.05) is 6.61 Å². The van der Waals surface area contributed by atoms with Crippen molar-refractivity contribution in [2.24, 2.45) is 0 Å². The van der Waals surface area contributed by atoms with E-state index in [-0.39, 0.29) is 5.78 Å². The summed E-state index contributed by atoms with van der Waals surface area (Å²) in [7, 11) is 0. The van der Waals surface area contributed by atoms with Gasteiger partial charge in [0, 0.05) is 11.6 Å². The highest BCUT2D eigenvalue weighted by Crippen LogP contribution is 2.27. The molecule has 0 aliphatic heterocycles. The van der Waals surface area contributed by atoms with E-state index in [1.165, 1.54) is 0 Å². The number of benzene rings is 2. The predicted octanol–water partition coefficient (Wildman–Crippen LogP) is 4.23. The number of hydrogen-bond acceptors (Lipinski definition) is 3. The van der Waals surface area contributed by atoms with Crippen LogP contribution in [0.2, 0.25) is 0 Å². The van der Waals surface area contributed by atoms with E-state index < -0.39 is 0 Å². The molecule has 3 nitrogen and oxygen atoms in total. The Morgan fingerprint density at radius 3 is 2.57 bits per heavy atom. The monoisotopic (exact) mass is 282 g/mol. The summed E-state index contributed by atoms with van der Waals surface area (Å²) in [5.74, 6) is 1.12. The van der Waals surface area contributed by atoms with Crippen molar-refractivity contribution in [2.45, 2.75) is 13.8 Å². The van der Waals surface area contributed by atoms with E-state index in [2.05, 4.69) is 0 Å². The number of ketones is 1. The fraction of sp³-hybridized carbons (Fsp3) is 0.167. The lowest BCUT2D eigenvalue weighted by Gasteiger charge is -2.11. The minimum absolute atomic E-state index is 0.0587. The Kier molecular flexibility index (Phi) is 5.16. The van der Waals surface area contributed by atoms with E-state index in [0.717, 1.165) is 0 Å². The number of hydrogen-bond donors (Lipinski definition) is 0. The first-order chi connectivity index (χ1) is 10.3. The second-order valence-electron chi connectivity index (χ2n) is 4.37. The summed E-state index contributed by atoms with van der Waals surface area (Å²) < 4.78 is 11.0. The number of ether oxygens (including phenoxy) is 2. The molecule has 0 atom stereocenters. The van der Waals surface area contributed by atoms with Crippen LogP contribution < -0.4 is 9.47 Å². The molecule has 0 radical (unpaired) electrons. The zero-order chi connectivity index (χ0) is 15.1. The Morgan fingerprint density at radius 2 is 1.90 bits per heavy atom. The Hall–Kier alpha value is -2.55. The standard InChI is InChI=1S/C18H18O3/c1-3-12-21-15-10-11-16(17(13-15)20-4-2)18(19)14-8-6-5-7-9-14/h3,5-13H,4H2,1-2H3. The van der Waals surface area contributed by atoms with Gasteiger partial charge >= 0.3 is 0 Å². The van der Waals surface area contributed by atoms with Gasteiger partial charge in [-0.2, -0.15) is 0 Å². The molecule has 0 N–H and O–H groups in total. The molecule has 0 fully saturated rings. The fourth-order valence-electron chi connectivity index (χ4n) is 1.93. The van der Waals surface area contributed by atoms with Crippen molar-refractivity contribution < 1.29 is 14.3 Å². The number of rotatable bonds is 6. The van der Waals surface area contributed by atoms with E-state index in [4.69, 9.17) is 9.47 Å². The molecule has 2 aromatic carbocycles. The maximum absolute atomic E-state index is 12.5. The minimum Gasteiger partial charge on any atom is -0.493 e. The van der Waals surface area contributed by atoms with Crippen molar-refractivity contribution in [1.29, 1.82) is 0 Å². The van der Waals surface area contributed by atoms with E-state index >= 15 is 0 Å². The highest BCUT2D eigenvalue weighted by atomic mass is 16.5. The van der Waals surface area contributed by atoms with Crippen molar-refractivity contribution >= 4 is 5.78 Å².